The van der Waals surface area contributed by atoms with Gasteiger partial charge >= 0.3 is 0 Å². The van der Waals surface area contributed by atoms with Gasteiger partial charge in [-0.1, -0.05) is 13.8 Å². The van der Waals surface area contributed by atoms with E-state index in [1.54, 1.807) is 0 Å². The molecular formula is C12H24N2O2. The molecule has 1 amide bonds. The Kier molecular flexibility index (Phi) is 4.74. The lowest BCUT2D eigenvalue weighted by molar-refractivity contribution is -0.128. The first-order chi connectivity index (χ1) is 7.52. The van der Waals surface area contributed by atoms with E-state index in [9.17, 15) is 4.79 Å². The number of hydrogen-bond donors (Lipinski definition) is 3. The Morgan fingerprint density at radius 1 is 1.62 bits per heavy atom. The number of aliphatic hydroxyl groups is 1. The Morgan fingerprint density at radius 3 is 2.62 bits per heavy atom. The zero-order chi connectivity index (χ0) is 12.2. The third kappa shape index (κ3) is 3.19. The van der Waals surface area contributed by atoms with Gasteiger partial charge in [0.1, 0.15) is 0 Å². The summed E-state index contributed by atoms with van der Waals surface area (Å²) in [5.41, 5.74) is -0.267. The number of amides is 1. The molecule has 1 aliphatic rings. The maximum atomic E-state index is 12.0. The summed E-state index contributed by atoms with van der Waals surface area (Å²) in [6.07, 6.45) is 1.46. The molecule has 1 fully saturated rings. The summed E-state index contributed by atoms with van der Waals surface area (Å²) in [4.78, 5) is 12.0. The van der Waals surface area contributed by atoms with Crippen LogP contribution in [0.3, 0.4) is 0 Å². The normalized spacial score (nSPS) is 22.0. The van der Waals surface area contributed by atoms with Crippen LogP contribution in [0.1, 0.15) is 33.6 Å². The van der Waals surface area contributed by atoms with Crippen LogP contribution in [0, 0.1) is 11.8 Å². The van der Waals surface area contributed by atoms with E-state index in [1.807, 2.05) is 20.8 Å². The molecule has 0 saturated carbocycles. The van der Waals surface area contributed by atoms with Crippen molar-refractivity contribution in [3.8, 4) is 0 Å². The van der Waals surface area contributed by atoms with Crippen molar-refractivity contribution >= 4 is 5.91 Å². The van der Waals surface area contributed by atoms with E-state index in [0.717, 1.165) is 19.5 Å². The highest BCUT2D eigenvalue weighted by atomic mass is 16.3. The fourth-order valence-electron chi connectivity index (χ4n) is 1.86. The van der Waals surface area contributed by atoms with Crippen molar-refractivity contribution in [2.24, 2.45) is 11.8 Å². The summed E-state index contributed by atoms with van der Waals surface area (Å²) < 4.78 is 0. The van der Waals surface area contributed by atoms with Crippen molar-refractivity contribution in [1.29, 1.82) is 0 Å². The van der Waals surface area contributed by atoms with Crippen molar-refractivity contribution in [3.63, 3.8) is 0 Å². The summed E-state index contributed by atoms with van der Waals surface area (Å²) in [6.45, 7) is 8.01. The molecule has 1 heterocycles. The van der Waals surface area contributed by atoms with Crippen LogP contribution in [0.4, 0.5) is 0 Å². The molecule has 0 aromatic rings. The lowest BCUT2D eigenvalue weighted by Crippen LogP contribution is -2.54. The maximum Gasteiger partial charge on any atom is 0.223 e. The largest absolute Gasteiger partial charge is 0.396 e. The lowest BCUT2D eigenvalue weighted by Gasteiger charge is -2.35. The zero-order valence-electron chi connectivity index (χ0n) is 10.5. The maximum absolute atomic E-state index is 12.0. The molecule has 16 heavy (non-hydrogen) atoms. The number of carbonyl (C=O) groups is 1. The number of nitrogens with one attached hydrogen (secondary N) is 2. The average Bonchev–Trinajstić information content (AvgIpc) is 2.15. The highest BCUT2D eigenvalue weighted by Gasteiger charge is 2.32. The van der Waals surface area contributed by atoms with Crippen molar-refractivity contribution in [2.45, 2.75) is 39.2 Å². The van der Waals surface area contributed by atoms with Gasteiger partial charge in [0.2, 0.25) is 5.91 Å². The van der Waals surface area contributed by atoms with Crippen LogP contribution < -0.4 is 10.6 Å². The molecule has 4 heteroatoms. The molecule has 0 aromatic carbocycles. The first-order valence-corrected chi connectivity index (χ1v) is 6.16. The van der Waals surface area contributed by atoms with Crippen LogP contribution in [0.25, 0.3) is 0 Å². The number of carbonyl (C=O) groups excluding carboxylic acids is 1. The minimum atomic E-state index is -0.267. The third-order valence-corrected chi connectivity index (χ3v) is 3.80. The molecule has 4 nitrogen and oxygen atoms in total. The second-order valence-electron chi connectivity index (χ2n) is 5.08. The number of aliphatic hydroxyl groups excluding tert-OH is 1. The molecule has 0 aromatic heterocycles. The van der Waals surface area contributed by atoms with Gasteiger partial charge in [-0.05, 0) is 38.8 Å². The van der Waals surface area contributed by atoms with Gasteiger partial charge in [-0.25, -0.2) is 0 Å². The van der Waals surface area contributed by atoms with Gasteiger partial charge in [-0.15, -0.1) is 0 Å². The predicted octanol–water partition coefficient (Wildman–Crippen LogP) is 0.509. The quantitative estimate of drug-likeness (QED) is 0.621. The molecule has 2 atom stereocenters. The molecule has 0 spiro atoms. The van der Waals surface area contributed by atoms with Gasteiger partial charge in [0.25, 0.3) is 0 Å². The van der Waals surface area contributed by atoms with Gasteiger partial charge < -0.3 is 15.7 Å². The van der Waals surface area contributed by atoms with Crippen molar-refractivity contribution in [3.05, 3.63) is 0 Å². The van der Waals surface area contributed by atoms with E-state index in [0.29, 0.717) is 12.3 Å². The highest BCUT2D eigenvalue weighted by Crippen LogP contribution is 2.19. The summed E-state index contributed by atoms with van der Waals surface area (Å²) in [5.74, 6) is 0.644. The Hall–Kier alpha value is -0.610. The minimum Gasteiger partial charge on any atom is -0.396 e. The molecule has 2 unspecified atom stereocenters. The van der Waals surface area contributed by atoms with Crippen molar-refractivity contribution in [2.75, 3.05) is 19.7 Å². The molecule has 0 radical (unpaired) electrons. The summed E-state index contributed by atoms with van der Waals surface area (Å²) in [6, 6.07) is 0. The molecule has 1 saturated heterocycles. The van der Waals surface area contributed by atoms with Crippen LogP contribution in [0.5, 0.6) is 0 Å². The van der Waals surface area contributed by atoms with E-state index in [4.69, 9.17) is 5.11 Å². The fourth-order valence-corrected chi connectivity index (χ4v) is 1.86. The fraction of sp³-hybridized carbons (Fsp3) is 0.917. The SMILES string of the molecule is CCC(C)(CCO)NC(=O)C(C)C1CNC1. The Labute approximate surface area is 97.8 Å². The monoisotopic (exact) mass is 228 g/mol. The molecule has 1 rings (SSSR count). The van der Waals surface area contributed by atoms with Crippen molar-refractivity contribution in [1.82, 2.24) is 10.6 Å². The molecular weight excluding hydrogens is 204 g/mol. The van der Waals surface area contributed by atoms with Crippen LogP contribution in [0.2, 0.25) is 0 Å². The second kappa shape index (κ2) is 5.64. The average molecular weight is 228 g/mol. The third-order valence-electron chi connectivity index (χ3n) is 3.80. The number of rotatable bonds is 6. The first kappa shape index (κ1) is 13.5. The summed E-state index contributed by atoms with van der Waals surface area (Å²) in [5, 5.41) is 15.2. The van der Waals surface area contributed by atoms with E-state index in [1.165, 1.54) is 0 Å². The van der Waals surface area contributed by atoms with Gasteiger partial charge in [-0.3, -0.25) is 4.79 Å². The first-order valence-electron chi connectivity index (χ1n) is 6.16. The van der Waals surface area contributed by atoms with Crippen LogP contribution in [-0.4, -0.2) is 36.2 Å². The summed E-state index contributed by atoms with van der Waals surface area (Å²) >= 11 is 0. The standard InChI is InChI=1S/C12H24N2O2/c1-4-12(3,5-6-15)14-11(16)9(2)10-7-13-8-10/h9-10,13,15H,4-8H2,1-3H3,(H,14,16). The van der Waals surface area contributed by atoms with Crippen LogP contribution in [-0.2, 0) is 4.79 Å². The van der Waals surface area contributed by atoms with E-state index in [2.05, 4.69) is 10.6 Å². The van der Waals surface area contributed by atoms with Gasteiger partial charge in [0.05, 0.1) is 0 Å². The number of hydrogen-bond acceptors (Lipinski definition) is 3. The molecule has 94 valence electrons. The Morgan fingerprint density at radius 2 is 2.25 bits per heavy atom. The van der Waals surface area contributed by atoms with Gasteiger partial charge in [0, 0.05) is 18.1 Å². The van der Waals surface area contributed by atoms with Crippen molar-refractivity contribution < 1.29 is 9.90 Å². The predicted molar refractivity (Wildman–Crippen MR) is 64.1 cm³/mol. The molecule has 1 aliphatic heterocycles. The topological polar surface area (TPSA) is 61.4 Å². The van der Waals surface area contributed by atoms with E-state index in [-0.39, 0.29) is 24.0 Å². The van der Waals surface area contributed by atoms with E-state index < -0.39 is 0 Å². The molecule has 3 N–H and O–H groups in total. The second-order valence-corrected chi connectivity index (χ2v) is 5.08. The Bertz CT molecular complexity index is 241. The van der Waals surface area contributed by atoms with Gasteiger partial charge in [0.15, 0.2) is 0 Å². The van der Waals surface area contributed by atoms with Crippen LogP contribution >= 0.6 is 0 Å². The highest BCUT2D eigenvalue weighted by molar-refractivity contribution is 5.79. The van der Waals surface area contributed by atoms with Crippen LogP contribution in [0.15, 0.2) is 0 Å². The lowest BCUT2D eigenvalue weighted by atomic mass is 9.86. The zero-order valence-corrected chi connectivity index (χ0v) is 10.5. The van der Waals surface area contributed by atoms with E-state index >= 15 is 0 Å². The van der Waals surface area contributed by atoms with Gasteiger partial charge in [-0.2, -0.15) is 0 Å². The minimum absolute atomic E-state index is 0.0609. The Balaban J connectivity index is 2.47. The summed E-state index contributed by atoms with van der Waals surface area (Å²) in [7, 11) is 0. The molecule has 0 aliphatic carbocycles. The molecule has 0 bridgehead atoms. The smallest absolute Gasteiger partial charge is 0.223 e.